The van der Waals surface area contributed by atoms with Crippen LogP contribution in [-0.4, -0.2) is 41.5 Å². The van der Waals surface area contributed by atoms with Gasteiger partial charge in [0, 0.05) is 37.3 Å². The third kappa shape index (κ3) is 4.44. The molecule has 3 aromatic heterocycles. The van der Waals surface area contributed by atoms with E-state index >= 15 is 0 Å². The number of Topliss-reactive ketones (excluding diaryl/α,β-unsaturated/α-hetero) is 1. The largest absolute Gasteiger partial charge is 0.298 e. The molecule has 0 saturated heterocycles. The van der Waals surface area contributed by atoms with E-state index in [0.29, 0.717) is 21.1 Å². The lowest BCUT2D eigenvalue weighted by atomic mass is 10.0. The Kier molecular flexibility index (Phi) is 5.89. The van der Waals surface area contributed by atoms with Crippen molar-refractivity contribution in [3.63, 3.8) is 0 Å². The summed E-state index contributed by atoms with van der Waals surface area (Å²) in [5.74, 6) is -0.614. The van der Waals surface area contributed by atoms with Crippen LogP contribution in [0.25, 0.3) is 16.6 Å². The van der Waals surface area contributed by atoms with Crippen molar-refractivity contribution in [2.24, 2.45) is 0 Å². The zero-order valence-corrected chi connectivity index (χ0v) is 20.6. The molecule has 0 aliphatic carbocycles. The summed E-state index contributed by atoms with van der Waals surface area (Å²) in [6.45, 7) is 1.69. The maximum absolute atomic E-state index is 13.1. The van der Waals surface area contributed by atoms with Crippen LogP contribution >= 0.6 is 22.9 Å². The first kappa shape index (κ1) is 22.9. The maximum Gasteiger partial charge on any atom is 0.264 e. The number of carbonyl (C=O) groups excluding carboxylic acids is 1. The van der Waals surface area contributed by atoms with Crippen molar-refractivity contribution >= 4 is 49.3 Å². The number of sulfone groups is 1. The lowest BCUT2D eigenvalue weighted by Crippen LogP contribution is -2.19. The maximum atomic E-state index is 13.1. The molecule has 0 radical (unpaired) electrons. The summed E-state index contributed by atoms with van der Waals surface area (Å²) >= 11 is 6.74. The van der Waals surface area contributed by atoms with Crippen LogP contribution in [0.15, 0.2) is 63.9 Å². The summed E-state index contributed by atoms with van der Waals surface area (Å²) in [4.78, 5) is 32.1. The second-order valence-electron chi connectivity index (χ2n) is 8.43. The van der Waals surface area contributed by atoms with Gasteiger partial charge in [0.15, 0.2) is 15.6 Å². The van der Waals surface area contributed by atoms with Crippen LogP contribution < -0.4 is 5.56 Å². The van der Waals surface area contributed by atoms with Crippen molar-refractivity contribution in [3.8, 4) is 5.82 Å². The first-order valence-electron chi connectivity index (χ1n) is 10.5. The van der Waals surface area contributed by atoms with Crippen LogP contribution in [0.4, 0.5) is 0 Å². The molecule has 0 amide bonds. The fourth-order valence-corrected chi connectivity index (χ4v) is 7.00. The second kappa shape index (κ2) is 8.74. The highest BCUT2D eigenvalue weighted by Gasteiger charge is 2.22. The Hall–Kier alpha value is -2.85. The number of halogens is 1. The van der Waals surface area contributed by atoms with Crippen molar-refractivity contribution in [2.75, 3.05) is 12.8 Å². The van der Waals surface area contributed by atoms with Crippen molar-refractivity contribution in [3.05, 3.63) is 86.2 Å². The smallest absolute Gasteiger partial charge is 0.264 e. The van der Waals surface area contributed by atoms with Crippen molar-refractivity contribution in [1.82, 2.24) is 14.5 Å². The summed E-state index contributed by atoms with van der Waals surface area (Å²) < 4.78 is 26.7. The molecule has 174 valence electrons. The standard InChI is InChI=1S/C24H20ClN3O4S2/c1-27-12-17-9-16-6-7-28(24(30)20(16)10-18(17)13-27)22-4-2-15(11-26-22)8-19(29)14-34(31,32)23-5-3-21(25)33-23/h2-7,9-11H,8,12-14H2,1H3. The SMILES string of the molecule is CN1Cc2cc3ccn(-c4ccc(CC(=O)CS(=O)(=O)c5ccc(Cl)s5)cn4)c(=O)c3cc2C1. The highest BCUT2D eigenvalue weighted by molar-refractivity contribution is 7.94. The number of ketones is 1. The van der Waals surface area contributed by atoms with E-state index in [4.69, 9.17) is 11.6 Å². The van der Waals surface area contributed by atoms with Gasteiger partial charge >= 0.3 is 0 Å². The van der Waals surface area contributed by atoms with E-state index in [9.17, 15) is 18.0 Å². The van der Waals surface area contributed by atoms with Gasteiger partial charge in [-0.3, -0.25) is 19.1 Å². The number of aromatic nitrogens is 2. The molecule has 1 aromatic carbocycles. The van der Waals surface area contributed by atoms with E-state index in [0.717, 1.165) is 35.4 Å². The minimum Gasteiger partial charge on any atom is -0.298 e. The lowest BCUT2D eigenvalue weighted by Gasteiger charge is -2.09. The molecule has 0 spiro atoms. The molecule has 0 unspecified atom stereocenters. The number of fused-ring (bicyclic) bond motifs is 2. The Balaban J connectivity index is 1.35. The Morgan fingerprint density at radius 1 is 1.12 bits per heavy atom. The number of pyridine rings is 2. The van der Waals surface area contributed by atoms with Gasteiger partial charge in [-0.2, -0.15) is 0 Å². The van der Waals surface area contributed by atoms with Gasteiger partial charge in [0.1, 0.15) is 15.8 Å². The monoisotopic (exact) mass is 513 g/mol. The third-order valence-corrected chi connectivity index (χ3v) is 9.26. The molecule has 4 heterocycles. The predicted octanol–water partition coefficient (Wildman–Crippen LogP) is 3.63. The molecular formula is C24H20ClN3O4S2. The van der Waals surface area contributed by atoms with Gasteiger partial charge in [-0.1, -0.05) is 17.7 Å². The summed E-state index contributed by atoms with van der Waals surface area (Å²) in [6, 6.07) is 12.2. The number of carbonyl (C=O) groups is 1. The molecule has 0 bridgehead atoms. The van der Waals surface area contributed by atoms with Crippen LogP contribution in [0.3, 0.4) is 0 Å². The van der Waals surface area contributed by atoms with E-state index in [1.54, 1.807) is 18.3 Å². The molecule has 0 fully saturated rings. The van der Waals surface area contributed by atoms with Crippen LogP contribution in [0, 0.1) is 0 Å². The molecule has 34 heavy (non-hydrogen) atoms. The third-order valence-electron chi connectivity index (χ3n) is 5.77. The van der Waals surface area contributed by atoms with Crippen LogP contribution in [-0.2, 0) is 34.1 Å². The van der Waals surface area contributed by atoms with Crippen LogP contribution in [0.2, 0.25) is 4.34 Å². The number of hydrogen-bond acceptors (Lipinski definition) is 7. The van der Waals surface area contributed by atoms with E-state index < -0.39 is 21.4 Å². The van der Waals surface area contributed by atoms with Crippen molar-refractivity contribution in [1.29, 1.82) is 0 Å². The summed E-state index contributed by atoms with van der Waals surface area (Å²) in [5.41, 5.74) is 2.81. The molecule has 1 aliphatic heterocycles. The van der Waals surface area contributed by atoms with Gasteiger partial charge in [-0.25, -0.2) is 13.4 Å². The van der Waals surface area contributed by atoms with Gasteiger partial charge in [0.25, 0.3) is 5.56 Å². The quantitative estimate of drug-likeness (QED) is 0.391. The number of nitrogens with zero attached hydrogens (tertiary/aromatic N) is 3. The van der Waals surface area contributed by atoms with Gasteiger partial charge in [-0.15, -0.1) is 11.3 Å². The molecule has 0 saturated carbocycles. The molecule has 4 aromatic rings. The lowest BCUT2D eigenvalue weighted by molar-refractivity contribution is -0.116. The first-order valence-corrected chi connectivity index (χ1v) is 13.3. The Bertz CT molecular complexity index is 1590. The molecular weight excluding hydrogens is 494 g/mol. The average molecular weight is 514 g/mol. The van der Waals surface area contributed by atoms with Crippen molar-refractivity contribution < 1.29 is 13.2 Å². The Morgan fingerprint density at radius 3 is 2.56 bits per heavy atom. The first-order chi connectivity index (χ1) is 16.2. The predicted molar refractivity (Wildman–Crippen MR) is 133 cm³/mol. The minimum atomic E-state index is -3.73. The molecule has 7 nitrogen and oxygen atoms in total. The molecule has 10 heteroatoms. The van der Waals surface area contributed by atoms with E-state index in [1.807, 2.05) is 19.2 Å². The van der Waals surface area contributed by atoms with E-state index in [1.165, 1.54) is 28.5 Å². The molecule has 0 atom stereocenters. The minimum absolute atomic E-state index is 0.0715. The number of benzene rings is 1. The summed E-state index contributed by atoms with van der Waals surface area (Å²) in [7, 11) is -1.68. The van der Waals surface area contributed by atoms with Crippen molar-refractivity contribution in [2.45, 2.75) is 23.7 Å². The summed E-state index contributed by atoms with van der Waals surface area (Å²) in [6.07, 6.45) is 3.12. The fourth-order valence-electron chi connectivity index (χ4n) is 4.19. The average Bonchev–Trinajstić information content (AvgIpc) is 3.38. The second-order valence-corrected chi connectivity index (χ2v) is 12.4. The zero-order valence-electron chi connectivity index (χ0n) is 18.2. The Labute approximate surface area is 205 Å². The van der Waals surface area contributed by atoms with Crippen LogP contribution in [0.1, 0.15) is 16.7 Å². The van der Waals surface area contributed by atoms with Gasteiger partial charge in [0.05, 0.1) is 4.34 Å². The fraction of sp³-hybridized carbons (Fsp3) is 0.208. The molecule has 0 N–H and O–H groups in total. The normalized spacial score (nSPS) is 13.9. The highest BCUT2D eigenvalue weighted by atomic mass is 35.5. The summed E-state index contributed by atoms with van der Waals surface area (Å²) in [5, 5.41) is 1.53. The topological polar surface area (TPSA) is 89.3 Å². The number of hydrogen-bond donors (Lipinski definition) is 0. The molecule has 1 aliphatic rings. The highest BCUT2D eigenvalue weighted by Crippen LogP contribution is 2.27. The van der Waals surface area contributed by atoms with Gasteiger partial charge in [0.2, 0.25) is 0 Å². The van der Waals surface area contributed by atoms with Gasteiger partial charge < -0.3 is 0 Å². The Morgan fingerprint density at radius 2 is 1.88 bits per heavy atom. The van der Waals surface area contributed by atoms with E-state index in [-0.39, 0.29) is 16.2 Å². The zero-order chi connectivity index (χ0) is 24.0. The van der Waals surface area contributed by atoms with Crippen LogP contribution in [0.5, 0.6) is 0 Å². The number of rotatable bonds is 6. The molecule has 5 rings (SSSR count). The van der Waals surface area contributed by atoms with E-state index in [2.05, 4.69) is 16.0 Å². The van der Waals surface area contributed by atoms with Gasteiger partial charge in [-0.05, 0) is 65.5 Å². The number of thiophene rings is 1.